The van der Waals surface area contributed by atoms with Gasteiger partial charge in [-0.3, -0.25) is 0 Å². The third-order valence-corrected chi connectivity index (χ3v) is 3.66. The van der Waals surface area contributed by atoms with E-state index in [9.17, 15) is 4.79 Å². The highest BCUT2D eigenvalue weighted by Gasteiger charge is 2.16. The van der Waals surface area contributed by atoms with Crippen molar-refractivity contribution in [3.8, 4) is 0 Å². The minimum absolute atomic E-state index is 0.313. The Morgan fingerprint density at radius 1 is 1.14 bits per heavy atom. The highest BCUT2D eigenvalue weighted by atomic mass is 16.5. The number of H-pyrrole nitrogens is 1. The van der Waals surface area contributed by atoms with Gasteiger partial charge in [0.1, 0.15) is 5.69 Å². The lowest BCUT2D eigenvalue weighted by Gasteiger charge is -2.06. The number of carbonyl (C=O) groups is 1. The van der Waals surface area contributed by atoms with E-state index in [4.69, 9.17) is 10.5 Å². The number of nitrogens with one attached hydrogen (secondary N) is 1. The smallest absolute Gasteiger partial charge is 0.356 e. The van der Waals surface area contributed by atoms with Crippen molar-refractivity contribution in [3.05, 3.63) is 65.5 Å². The van der Waals surface area contributed by atoms with Crippen LogP contribution >= 0.6 is 0 Å². The Kier molecular flexibility index (Phi) is 3.36. The zero-order chi connectivity index (χ0) is 14.8. The first-order chi connectivity index (χ1) is 10.2. The number of rotatable bonds is 3. The minimum atomic E-state index is -0.448. The fraction of sp³-hybridized carbons (Fsp3) is 0.118. The Balaban J connectivity index is 2.00. The number of methoxy groups -OCH3 is 1. The first kappa shape index (κ1) is 13.2. The number of hydrogen-bond acceptors (Lipinski definition) is 3. The Hall–Kier alpha value is -2.75. The van der Waals surface area contributed by atoms with Crippen LogP contribution in [0.25, 0.3) is 10.8 Å². The summed E-state index contributed by atoms with van der Waals surface area (Å²) in [7, 11) is 1.34. The van der Waals surface area contributed by atoms with Crippen LogP contribution in [0.15, 0.2) is 48.7 Å². The molecule has 0 spiro atoms. The van der Waals surface area contributed by atoms with Crippen LogP contribution < -0.4 is 5.73 Å². The summed E-state index contributed by atoms with van der Waals surface area (Å²) < 4.78 is 4.70. The van der Waals surface area contributed by atoms with Crippen LogP contribution in [-0.4, -0.2) is 18.1 Å². The Bertz CT molecular complexity index is 800. The van der Waals surface area contributed by atoms with Crippen LogP contribution in [-0.2, 0) is 11.2 Å². The van der Waals surface area contributed by atoms with Gasteiger partial charge in [0.2, 0.25) is 0 Å². The van der Waals surface area contributed by atoms with E-state index in [1.54, 1.807) is 6.20 Å². The molecule has 3 rings (SSSR count). The molecule has 0 unspecified atom stereocenters. The van der Waals surface area contributed by atoms with E-state index in [0.29, 0.717) is 17.8 Å². The van der Waals surface area contributed by atoms with Crippen molar-refractivity contribution in [1.29, 1.82) is 0 Å². The molecule has 0 radical (unpaired) electrons. The van der Waals surface area contributed by atoms with Crippen LogP contribution in [0.2, 0.25) is 0 Å². The summed E-state index contributed by atoms with van der Waals surface area (Å²) >= 11 is 0. The quantitative estimate of drug-likeness (QED) is 0.724. The van der Waals surface area contributed by atoms with Crippen molar-refractivity contribution in [2.75, 3.05) is 12.8 Å². The lowest BCUT2D eigenvalue weighted by atomic mass is 9.99. The monoisotopic (exact) mass is 280 g/mol. The van der Waals surface area contributed by atoms with Gasteiger partial charge < -0.3 is 15.5 Å². The van der Waals surface area contributed by atoms with Gasteiger partial charge in [0.15, 0.2) is 0 Å². The van der Waals surface area contributed by atoms with Crippen molar-refractivity contribution in [2.45, 2.75) is 6.42 Å². The molecule has 0 bridgehead atoms. The molecule has 1 heterocycles. The Morgan fingerprint density at radius 2 is 1.90 bits per heavy atom. The van der Waals surface area contributed by atoms with E-state index < -0.39 is 5.97 Å². The second-order valence-corrected chi connectivity index (χ2v) is 4.91. The summed E-state index contributed by atoms with van der Waals surface area (Å²) in [5, 5.41) is 2.39. The first-order valence-corrected chi connectivity index (χ1v) is 6.71. The molecular weight excluding hydrogens is 264 g/mol. The van der Waals surface area contributed by atoms with E-state index >= 15 is 0 Å². The Morgan fingerprint density at radius 3 is 2.71 bits per heavy atom. The first-order valence-electron chi connectivity index (χ1n) is 6.71. The number of aromatic amines is 1. The van der Waals surface area contributed by atoms with Gasteiger partial charge in [-0.1, -0.05) is 42.5 Å². The molecule has 0 saturated carbocycles. The van der Waals surface area contributed by atoms with E-state index in [0.717, 1.165) is 5.56 Å². The van der Waals surface area contributed by atoms with Crippen molar-refractivity contribution in [1.82, 2.24) is 4.98 Å². The molecule has 0 aliphatic carbocycles. The molecule has 0 amide bonds. The summed E-state index contributed by atoms with van der Waals surface area (Å²) in [4.78, 5) is 14.5. The second-order valence-electron chi connectivity index (χ2n) is 4.91. The van der Waals surface area contributed by atoms with Crippen molar-refractivity contribution >= 4 is 22.4 Å². The molecule has 4 heteroatoms. The predicted molar refractivity (Wildman–Crippen MR) is 83.3 cm³/mol. The van der Waals surface area contributed by atoms with Gasteiger partial charge in [0.05, 0.1) is 12.8 Å². The van der Waals surface area contributed by atoms with E-state index in [1.165, 1.54) is 23.4 Å². The van der Waals surface area contributed by atoms with E-state index in [-0.39, 0.29) is 0 Å². The summed E-state index contributed by atoms with van der Waals surface area (Å²) in [6, 6.07) is 14.4. The highest BCUT2D eigenvalue weighted by Crippen LogP contribution is 2.25. The number of esters is 1. The van der Waals surface area contributed by atoms with Crippen molar-refractivity contribution < 1.29 is 9.53 Å². The second kappa shape index (κ2) is 5.32. The number of nitrogen functional groups attached to an aromatic ring is 1. The molecule has 106 valence electrons. The van der Waals surface area contributed by atoms with Crippen LogP contribution in [0.4, 0.5) is 5.69 Å². The van der Waals surface area contributed by atoms with E-state index in [1.807, 2.05) is 18.2 Å². The zero-order valence-electron chi connectivity index (χ0n) is 11.7. The Labute approximate surface area is 122 Å². The number of anilines is 1. The maximum atomic E-state index is 11.6. The predicted octanol–water partition coefficient (Wildman–Crippen LogP) is 3.13. The summed E-state index contributed by atoms with van der Waals surface area (Å²) in [6.07, 6.45) is 2.43. The topological polar surface area (TPSA) is 68.1 Å². The number of ether oxygens (including phenoxy) is 1. The molecule has 3 N–H and O–H groups in total. The summed E-state index contributed by atoms with van der Waals surface area (Å²) in [5.74, 6) is -0.448. The van der Waals surface area contributed by atoms with Gasteiger partial charge in [-0.15, -0.1) is 0 Å². The van der Waals surface area contributed by atoms with Gasteiger partial charge >= 0.3 is 5.97 Å². The number of aromatic nitrogens is 1. The number of hydrogen-bond donors (Lipinski definition) is 2. The van der Waals surface area contributed by atoms with Gasteiger partial charge in [0, 0.05) is 12.6 Å². The molecule has 2 aromatic carbocycles. The third-order valence-electron chi connectivity index (χ3n) is 3.66. The largest absolute Gasteiger partial charge is 0.464 e. The number of fused-ring (bicyclic) bond motifs is 1. The van der Waals surface area contributed by atoms with Crippen molar-refractivity contribution in [2.24, 2.45) is 0 Å². The average Bonchev–Trinajstić information content (AvgIpc) is 2.88. The van der Waals surface area contributed by atoms with Crippen LogP contribution in [0.1, 0.15) is 21.6 Å². The van der Waals surface area contributed by atoms with Gasteiger partial charge in [-0.2, -0.15) is 0 Å². The van der Waals surface area contributed by atoms with Crippen LogP contribution in [0, 0.1) is 0 Å². The number of carbonyl (C=O) groups excluding carboxylic acids is 1. The van der Waals surface area contributed by atoms with Gasteiger partial charge in [-0.05, 0) is 21.9 Å². The summed E-state index contributed by atoms with van der Waals surface area (Å²) in [6.45, 7) is 0. The van der Waals surface area contributed by atoms with Crippen LogP contribution in [0.5, 0.6) is 0 Å². The molecule has 0 aliphatic heterocycles. The lowest BCUT2D eigenvalue weighted by molar-refractivity contribution is 0.0596. The molecular formula is C17H16N2O2. The normalized spacial score (nSPS) is 10.7. The molecule has 21 heavy (non-hydrogen) atoms. The minimum Gasteiger partial charge on any atom is -0.464 e. The molecule has 0 saturated heterocycles. The van der Waals surface area contributed by atoms with Crippen molar-refractivity contribution in [3.63, 3.8) is 0 Å². The molecule has 0 atom stereocenters. The highest BCUT2D eigenvalue weighted by molar-refractivity contribution is 5.94. The number of benzene rings is 2. The third kappa shape index (κ3) is 2.36. The zero-order valence-corrected chi connectivity index (χ0v) is 11.7. The molecule has 0 aliphatic rings. The van der Waals surface area contributed by atoms with E-state index in [2.05, 4.69) is 29.2 Å². The standard InChI is InChI=1S/C17H16N2O2/c1-21-17(20)16-15(18)13(10-19-16)9-12-7-4-6-11-5-2-3-8-14(11)12/h2-8,10,19H,9,18H2,1H3. The molecule has 3 aromatic rings. The number of nitrogens with two attached hydrogens (primary N) is 1. The fourth-order valence-electron chi connectivity index (χ4n) is 2.54. The molecule has 0 fully saturated rings. The molecule has 1 aromatic heterocycles. The molecule has 4 nitrogen and oxygen atoms in total. The lowest BCUT2D eigenvalue weighted by Crippen LogP contribution is -2.05. The van der Waals surface area contributed by atoms with Gasteiger partial charge in [-0.25, -0.2) is 4.79 Å². The summed E-state index contributed by atoms with van der Waals surface area (Å²) in [5.41, 5.74) is 8.88. The van der Waals surface area contributed by atoms with Crippen LogP contribution in [0.3, 0.4) is 0 Å². The maximum Gasteiger partial charge on any atom is 0.356 e. The maximum absolute atomic E-state index is 11.6. The van der Waals surface area contributed by atoms with Gasteiger partial charge in [0.25, 0.3) is 0 Å². The SMILES string of the molecule is COC(=O)c1[nH]cc(Cc2cccc3ccccc23)c1N. The average molecular weight is 280 g/mol. The fourth-order valence-corrected chi connectivity index (χ4v) is 2.54.